The highest BCUT2D eigenvalue weighted by Crippen LogP contribution is 2.42. The van der Waals surface area contributed by atoms with Gasteiger partial charge in [-0.3, -0.25) is 38.3 Å². The van der Waals surface area contributed by atoms with Gasteiger partial charge >= 0.3 is 7.75 Å². The van der Waals surface area contributed by atoms with Gasteiger partial charge in [-0.1, -0.05) is 12.2 Å². The van der Waals surface area contributed by atoms with Crippen LogP contribution in [0.2, 0.25) is 0 Å². The summed E-state index contributed by atoms with van der Waals surface area (Å²) in [7, 11) is 2.08. The highest BCUT2D eigenvalue weighted by atomic mass is 31.2. The molecule has 2 aromatic carbocycles. The van der Waals surface area contributed by atoms with Gasteiger partial charge in [0.1, 0.15) is 5.69 Å². The molecule has 60 heavy (non-hydrogen) atoms. The number of aliphatic imine (C=N–C) groups is 1. The molecule has 2 atom stereocenters. The number of benzene rings is 2. The zero-order valence-electron chi connectivity index (χ0n) is 33.3. The number of rotatable bonds is 16. The number of ether oxygens (including phenoxy) is 3. The molecular formula is C40H44N9O10P. The molecule has 1 unspecified atom stereocenters. The first-order valence-corrected chi connectivity index (χ1v) is 20.4. The van der Waals surface area contributed by atoms with Crippen LogP contribution in [0.15, 0.2) is 78.2 Å². The lowest BCUT2D eigenvalue weighted by Crippen LogP contribution is -2.35. The fourth-order valence-corrected chi connectivity index (χ4v) is 7.80. The van der Waals surface area contributed by atoms with Crippen LogP contribution in [0, 0.1) is 0 Å². The number of anilines is 3. The number of hydrogen-bond donors (Lipinski definition) is 4. The van der Waals surface area contributed by atoms with Gasteiger partial charge in [0.25, 0.3) is 17.7 Å². The zero-order chi connectivity index (χ0) is 42.7. The Morgan fingerprint density at radius 2 is 1.80 bits per heavy atom. The van der Waals surface area contributed by atoms with Crippen LogP contribution in [0.3, 0.4) is 0 Å². The van der Waals surface area contributed by atoms with Crippen LogP contribution in [0.1, 0.15) is 50.7 Å². The molecule has 3 amide bonds. The van der Waals surface area contributed by atoms with Crippen LogP contribution in [0.25, 0.3) is 10.9 Å². The van der Waals surface area contributed by atoms with Crippen LogP contribution in [0.5, 0.6) is 11.5 Å². The second-order valence-corrected chi connectivity index (χ2v) is 15.7. The molecule has 7 rings (SSSR count). The number of imidazole rings is 1. The lowest BCUT2D eigenvalue weighted by atomic mass is 10.1. The molecule has 20 heteroatoms. The van der Waals surface area contributed by atoms with E-state index in [1.807, 2.05) is 0 Å². The molecule has 19 nitrogen and oxygen atoms in total. The molecule has 0 aliphatic carbocycles. The monoisotopic (exact) mass is 841 g/mol. The Labute approximate surface area is 344 Å². The summed E-state index contributed by atoms with van der Waals surface area (Å²) in [5.41, 5.74) is 3.35. The van der Waals surface area contributed by atoms with Gasteiger partial charge in [-0.2, -0.15) is 0 Å². The summed E-state index contributed by atoms with van der Waals surface area (Å²) in [6.45, 7) is 4.74. The minimum absolute atomic E-state index is 0.0181. The Balaban J connectivity index is 0.920. The molecule has 1 fully saturated rings. The van der Waals surface area contributed by atoms with Gasteiger partial charge in [-0.15, -0.1) is 0 Å². The van der Waals surface area contributed by atoms with Crippen molar-refractivity contribution in [1.29, 1.82) is 0 Å². The number of aryl methyl sites for hydroxylation is 2. The van der Waals surface area contributed by atoms with Gasteiger partial charge in [0.05, 0.1) is 55.4 Å². The third-order valence-corrected chi connectivity index (χ3v) is 10.9. The molecule has 0 radical (unpaired) electrons. The maximum absolute atomic E-state index is 13.6. The molecule has 0 saturated carbocycles. The van der Waals surface area contributed by atoms with E-state index in [1.165, 1.54) is 35.6 Å². The number of methoxy groups -OCH3 is 2. The van der Waals surface area contributed by atoms with Crippen LogP contribution in [0.4, 0.5) is 22.9 Å². The van der Waals surface area contributed by atoms with E-state index >= 15 is 0 Å². The predicted molar refractivity (Wildman–Crippen MR) is 223 cm³/mol. The van der Waals surface area contributed by atoms with E-state index in [-0.39, 0.29) is 67.3 Å². The van der Waals surface area contributed by atoms with E-state index in [4.69, 9.17) is 18.7 Å². The second-order valence-electron chi connectivity index (χ2n) is 14.2. The second kappa shape index (κ2) is 17.4. The average molecular weight is 842 g/mol. The standard InChI is InChI=1S/C40H44N9O10P/c1-24-15-28-20-41-30-19-34(33(57-5)18-29(30)39(52)49(28)21-24)58-12-6-7-36(50)43-35-23-47(3)37(44-35)38(51)42-27-17-32(46(2)22-27)40(53)48-11-10-25-16-26(8-9-31(25)48)45-60(54,55)59-14-13-56-4/h8-11,16-20,22-23,28H,1,6-7,12-15,21H2,2-5H3,(H,42,51)(H,43,50)(H2,45,54,55)/t28-/m0/s1. The number of nitrogens with one attached hydrogen (secondary N) is 3. The third-order valence-electron chi connectivity index (χ3n) is 9.82. The normalized spacial score (nSPS) is 15.6. The van der Waals surface area contributed by atoms with Crippen LogP contribution in [-0.2, 0) is 32.7 Å². The van der Waals surface area contributed by atoms with Gasteiger partial charge in [-0.25, -0.2) is 9.55 Å². The largest absolute Gasteiger partial charge is 0.493 e. The summed E-state index contributed by atoms with van der Waals surface area (Å²) < 4.78 is 38.1. The van der Waals surface area contributed by atoms with E-state index in [2.05, 4.69) is 32.3 Å². The number of carbonyl (C=O) groups is 4. The first kappa shape index (κ1) is 41.6. The van der Waals surface area contributed by atoms with Crippen molar-refractivity contribution < 1.29 is 47.4 Å². The average Bonchev–Trinajstić information content (AvgIpc) is 3.98. The van der Waals surface area contributed by atoms with Crippen LogP contribution in [-0.4, -0.2) is 105 Å². The van der Waals surface area contributed by atoms with Gasteiger partial charge in [-0.05, 0) is 49.2 Å². The van der Waals surface area contributed by atoms with Gasteiger partial charge < -0.3 is 43.8 Å². The topological polar surface area (TPSA) is 222 Å². The molecule has 0 spiro atoms. The predicted octanol–water partition coefficient (Wildman–Crippen LogP) is 5.12. The lowest BCUT2D eigenvalue weighted by molar-refractivity contribution is -0.116. The summed E-state index contributed by atoms with van der Waals surface area (Å²) in [5.74, 6) is -0.477. The van der Waals surface area contributed by atoms with E-state index in [9.17, 15) is 28.6 Å². The summed E-state index contributed by atoms with van der Waals surface area (Å²) >= 11 is 0. The first-order valence-electron chi connectivity index (χ1n) is 18.8. The lowest BCUT2D eigenvalue weighted by Gasteiger charge is -2.20. The molecule has 2 aliphatic heterocycles. The Bertz CT molecular complexity index is 2590. The van der Waals surface area contributed by atoms with Crippen molar-refractivity contribution in [2.24, 2.45) is 19.1 Å². The van der Waals surface area contributed by atoms with Crippen LogP contribution >= 0.6 is 7.75 Å². The molecule has 3 aromatic heterocycles. The quantitative estimate of drug-likeness (QED) is 0.0578. The molecule has 5 heterocycles. The summed E-state index contributed by atoms with van der Waals surface area (Å²) in [4.78, 5) is 73.7. The fourth-order valence-electron chi connectivity index (χ4n) is 6.95. The number of amides is 3. The summed E-state index contributed by atoms with van der Waals surface area (Å²) in [6, 6.07) is 11.2. The molecule has 314 valence electrons. The van der Waals surface area contributed by atoms with E-state index in [0.717, 1.165) is 5.57 Å². The van der Waals surface area contributed by atoms with Gasteiger partial charge in [0.15, 0.2) is 17.3 Å². The zero-order valence-corrected chi connectivity index (χ0v) is 34.2. The molecule has 5 aromatic rings. The molecule has 0 bridgehead atoms. The highest BCUT2D eigenvalue weighted by molar-refractivity contribution is 7.54. The Hall–Kier alpha value is -6.53. The first-order chi connectivity index (χ1) is 28.7. The Morgan fingerprint density at radius 3 is 2.58 bits per heavy atom. The number of nitrogens with zero attached hydrogens (tertiary/aromatic N) is 6. The minimum atomic E-state index is -4.14. The number of aromatic nitrogens is 4. The number of fused-ring (bicyclic) bond motifs is 3. The molecule has 4 N–H and O–H groups in total. The van der Waals surface area contributed by atoms with Crippen molar-refractivity contribution >= 4 is 71.4 Å². The van der Waals surface area contributed by atoms with Gasteiger partial charge in [0, 0.05) is 76.1 Å². The third kappa shape index (κ3) is 9.03. The van der Waals surface area contributed by atoms with Crippen molar-refractivity contribution in [3.8, 4) is 11.5 Å². The van der Waals surface area contributed by atoms with Crippen molar-refractivity contribution in [2.75, 3.05) is 56.3 Å². The van der Waals surface area contributed by atoms with Crippen molar-refractivity contribution in [3.63, 3.8) is 0 Å². The Kier molecular flexibility index (Phi) is 12.0. The minimum Gasteiger partial charge on any atom is -0.493 e. The SMILES string of the molecule is C=C1C[C@H]2C=Nc3cc(OCCCC(=O)Nc4cn(C)c(C(=O)Nc5cc(C(=O)n6ccc7cc(NP(=O)(O)OCCOC)ccc76)n(C)c5)n4)c(OC)cc3C(=O)N2C1. The van der Waals surface area contributed by atoms with E-state index in [1.54, 1.807) is 78.6 Å². The van der Waals surface area contributed by atoms with E-state index < -0.39 is 13.7 Å². The maximum Gasteiger partial charge on any atom is 0.430 e. The fraction of sp³-hybridized carbons (Fsp3) is 0.300. The number of carbonyl (C=O) groups excluding carboxylic acids is 4. The Morgan fingerprint density at radius 1 is 0.983 bits per heavy atom. The summed E-state index contributed by atoms with van der Waals surface area (Å²) in [6.07, 6.45) is 7.54. The maximum atomic E-state index is 13.6. The number of hydrogen-bond acceptors (Lipinski definition) is 11. The van der Waals surface area contributed by atoms with Crippen molar-refractivity contribution in [3.05, 3.63) is 90.3 Å². The highest BCUT2D eigenvalue weighted by Gasteiger charge is 2.34. The van der Waals surface area contributed by atoms with Crippen molar-refractivity contribution in [1.82, 2.24) is 23.6 Å². The molecule has 2 aliphatic rings. The van der Waals surface area contributed by atoms with E-state index in [0.29, 0.717) is 64.4 Å². The van der Waals surface area contributed by atoms with Gasteiger partial charge in [0.2, 0.25) is 11.7 Å². The van der Waals surface area contributed by atoms with Crippen molar-refractivity contribution in [2.45, 2.75) is 25.3 Å². The smallest absolute Gasteiger partial charge is 0.430 e. The molecule has 1 saturated heterocycles. The molecular weight excluding hydrogens is 797 g/mol. The van der Waals surface area contributed by atoms with Crippen LogP contribution < -0.4 is 25.2 Å². The summed E-state index contributed by atoms with van der Waals surface area (Å²) in [5, 5.41) is 8.58.